The second-order valence-electron chi connectivity index (χ2n) is 8.53. The van der Waals surface area contributed by atoms with Gasteiger partial charge in [-0.25, -0.2) is 0 Å². The molecule has 1 amide bonds. The van der Waals surface area contributed by atoms with Crippen molar-refractivity contribution in [3.63, 3.8) is 0 Å². The van der Waals surface area contributed by atoms with Crippen LogP contribution in [0.25, 0.3) is 0 Å². The first-order chi connectivity index (χ1) is 13.4. The molecule has 2 aromatic heterocycles. The summed E-state index contributed by atoms with van der Waals surface area (Å²) in [5.41, 5.74) is 6.49. The maximum Gasteiger partial charge on any atom is 0.255 e. The molecular weight excluding hydrogens is 348 g/mol. The lowest BCUT2D eigenvalue weighted by Gasteiger charge is -2.28. The average Bonchev–Trinajstić information content (AvgIpc) is 3.11. The molecular formula is C23H30N4O. The first-order valence-corrected chi connectivity index (χ1v) is 10.3. The summed E-state index contributed by atoms with van der Waals surface area (Å²) in [5.74, 6) is 0.771. The monoisotopic (exact) mass is 378 g/mol. The van der Waals surface area contributed by atoms with E-state index in [0.29, 0.717) is 5.92 Å². The van der Waals surface area contributed by atoms with Gasteiger partial charge in [-0.3, -0.25) is 19.7 Å². The molecule has 4 rings (SSSR count). The molecule has 1 unspecified atom stereocenters. The molecule has 0 aromatic carbocycles. The molecule has 0 aliphatic carbocycles. The minimum Gasteiger partial charge on any atom is -0.341 e. The van der Waals surface area contributed by atoms with E-state index < -0.39 is 0 Å². The topological polar surface area (TPSA) is 49.3 Å². The van der Waals surface area contributed by atoms with Crippen LogP contribution in [0, 0.1) is 19.8 Å². The highest BCUT2D eigenvalue weighted by Gasteiger charge is 2.29. The van der Waals surface area contributed by atoms with Gasteiger partial charge in [0.15, 0.2) is 0 Å². The number of aromatic nitrogens is 2. The molecule has 28 heavy (non-hydrogen) atoms. The summed E-state index contributed by atoms with van der Waals surface area (Å²) in [6.07, 6.45) is 5.15. The van der Waals surface area contributed by atoms with Crippen LogP contribution in [0.1, 0.15) is 58.0 Å². The van der Waals surface area contributed by atoms with Crippen LogP contribution in [0.4, 0.5) is 0 Å². The van der Waals surface area contributed by atoms with Gasteiger partial charge >= 0.3 is 0 Å². The molecule has 5 heteroatoms. The molecule has 148 valence electrons. The van der Waals surface area contributed by atoms with Crippen LogP contribution in [0.3, 0.4) is 0 Å². The van der Waals surface area contributed by atoms with Crippen molar-refractivity contribution in [3.05, 3.63) is 58.2 Å². The fourth-order valence-corrected chi connectivity index (χ4v) is 4.67. The van der Waals surface area contributed by atoms with Crippen LogP contribution >= 0.6 is 0 Å². The molecule has 0 bridgehead atoms. The van der Waals surface area contributed by atoms with Gasteiger partial charge in [0.05, 0.1) is 11.3 Å². The maximum absolute atomic E-state index is 12.5. The third kappa shape index (κ3) is 3.81. The zero-order valence-electron chi connectivity index (χ0n) is 17.4. The molecule has 2 aromatic rings. The Bertz CT molecular complexity index is 874. The Morgan fingerprint density at radius 1 is 1.18 bits per heavy atom. The van der Waals surface area contributed by atoms with Gasteiger partial charge in [0, 0.05) is 50.2 Å². The maximum atomic E-state index is 12.5. The zero-order valence-corrected chi connectivity index (χ0v) is 17.4. The summed E-state index contributed by atoms with van der Waals surface area (Å²) in [7, 11) is 1.87. The molecule has 0 N–H and O–H groups in total. The Morgan fingerprint density at radius 2 is 1.93 bits per heavy atom. The van der Waals surface area contributed by atoms with Crippen molar-refractivity contribution in [2.45, 2.75) is 46.1 Å². The summed E-state index contributed by atoms with van der Waals surface area (Å²) in [5, 5.41) is 0. The number of nitrogens with zero attached hydrogens (tertiary/aromatic N) is 4. The number of likely N-dealkylation sites (tertiary alicyclic amines) is 1. The number of likely N-dealkylation sites (N-methyl/N-ethyl adjacent to an activating group) is 1. The SMILES string of the molecule is Cc1cc(C[C@H]2CCN(C(C)c3cnc4c(c3)C(=O)N(C)CC4)C2)cc(C)n1. The van der Waals surface area contributed by atoms with Crippen molar-refractivity contribution < 1.29 is 4.79 Å². The largest absolute Gasteiger partial charge is 0.341 e. The van der Waals surface area contributed by atoms with Crippen molar-refractivity contribution in [1.29, 1.82) is 0 Å². The zero-order chi connectivity index (χ0) is 19.8. The lowest BCUT2D eigenvalue weighted by atomic mass is 9.98. The van der Waals surface area contributed by atoms with E-state index in [9.17, 15) is 4.79 Å². The van der Waals surface area contributed by atoms with E-state index >= 15 is 0 Å². The van der Waals surface area contributed by atoms with Crippen LogP contribution in [0.5, 0.6) is 0 Å². The second-order valence-corrected chi connectivity index (χ2v) is 8.53. The number of amides is 1. The fourth-order valence-electron chi connectivity index (χ4n) is 4.67. The summed E-state index contributed by atoms with van der Waals surface area (Å²) in [4.78, 5) is 25.9. The predicted octanol–water partition coefficient (Wildman–Crippen LogP) is 3.35. The molecule has 2 atom stereocenters. The number of hydrogen-bond acceptors (Lipinski definition) is 4. The Labute approximate surface area is 167 Å². The van der Waals surface area contributed by atoms with Gasteiger partial charge < -0.3 is 4.90 Å². The quantitative estimate of drug-likeness (QED) is 0.819. The van der Waals surface area contributed by atoms with Crippen LogP contribution in [0.15, 0.2) is 24.4 Å². The van der Waals surface area contributed by atoms with Crippen molar-refractivity contribution in [2.24, 2.45) is 5.92 Å². The Kier molecular flexibility index (Phi) is 5.19. The number of pyridine rings is 2. The first kappa shape index (κ1) is 19.1. The highest BCUT2D eigenvalue weighted by Crippen LogP contribution is 2.30. The Morgan fingerprint density at radius 3 is 2.68 bits per heavy atom. The summed E-state index contributed by atoms with van der Waals surface area (Å²) in [6, 6.07) is 6.79. The second kappa shape index (κ2) is 7.63. The van der Waals surface area contributed by atoms with Gasteiger partial charge in [-0.1, -0.05) is 0 Å². The van der Waals surface area contributed by atoms with Gasteiger partial charge in [0.1, 0.15) is 0 Å². The molecule has 0 saturated carbocycles. The van der Waals surface area contributed by atoms with Crippen molar-refractivity contribution in [2.75, 3.05) is 26.7 Å². The Balaban J connectivity index is 1.45. The summed E-state index contributed by atoms with van der Waals surface area (Å²) >= 11 is 0. The van der Waals surface area contributed by atoms with E-state index in [-0.39, 0.29) is 11.9 Å². The lowest BCUT2D eigenvalue weighted by molar-refractivity contribution is 0.0778. The van der Waals surface area contributed by atoms with E-state index in [1.807, 2.05) is 13.2 Å². The van der Waals surface area contributed by atoms with E-state index in [1.165, 1.54) is 12.0 Å². The molecule has 1 saturated heterocycles. The Hall–Kier alpha value is -2.27. The molecule has 0 spiro atoms. The molecule has 0 radical (unpaired) electrons. The van der Waals surface area contributed by atoms with Gasteiger partial charge in [-0.15, -0.1) is 0 Å². The van der Waals surface area contributed by atoms with Crippen LogP contribution < -0.4 is 0 Å². The number of carbonyl (C=O) groups excluding carboxylic acids is 1. The predicted molar refractivity (Wildman–Crippen MR) is 110 cm³/mol. The molecule has 2 aliphatic heterocycles. The minimum absolute atomic E-state index is 0.102. The van der Waals surface area contributed by atoms with Crippen molar-refractivity contribution in [3.8, 4) is 0 Å². The number of hydrogen-bond donors (Lipinski definition) is 0. The smallest absolute Gasteiger partial charge is 0.255 e. The standard InChI is InChI=1S/C23H30N4O/c1-15-9-19(10-16(2)25-15)11-18-5-8-27(14-18)17(3)20-12-21-22(24-13-20)6-7-26(4)23(21)28/h9-10,12-13,17-18H,5-8,11,14H2,1-4H3/t17?,18-/m1/s1. The van der Waals surface area contributed by atoms with Crippen molar-refractivity contribution >= 4 is 5.91 Å². The van der Waals surface area contributed by atoms with Gasteiger partial charge in [0.25, 0.3) is 5.91 Å². The number of rotatable bonds is 4. The molecule has 2 aliphatic rings. The first-order valence-electron chi connectivity index (χ1n) is 10.3. The molecule has 5 nitrogen and oxygen atoms in total. The third-order valence-electron chi connectivity index (χ3n) is 6.27. The van der Waals surface area contributed by atoms with Gasteiger partial charge in [0.2, 0.25) is 0 Å². The summed E-state index contributed by atoms with van der Waals surface area (Å²) in [6.45, 7) is 9.33. The van der Waals surface area contributed by atoms with Crippen LogP contribution in [-0.2, 0) is 12.8 Å². The average molecular weight is 379 g/mol. The highest BCUT2D eigenvalue weighted by atomic mass is 16.2. The molecule has 4 heterocycles. The van der Waals surface area contributed by atoms with Gasteiger partial charge in [-0.05, 0) is 75.4 Å². The highest BCUT2D eigenvalue weighted by molar-refractivity contribution is 5.96. The van der Waals surface area contributed by atoms with E-state index in [1.54, 1.807) is 4.90 Å². The van der Waals surface area contributed by atoms with Crippen LogP contribution in [-0.4, -0.2) is 52.4 Å². The van der Waals surface area contributed by atoms with E-state index in [0.717, 1.165) is 60.7 Å². The number of carbonyl (C=O) groups is 1. The van der Waals surface area contributed by atoms with Gasteiger partial charge in [-0.2, -0.15) is 0 Å². The molecule has 1 fully saturated rings. The normalized spacial score (nSPS) is 21.1. The lowest BCUT2D eigenvalue weighted by Crippen LogP contribution is -2.35. The minimum atomic E-state index is 0.102. The van der Waals surface area contributed by atoms with Crippen molar-refractivity contribution in [1.82, 2.24) is 19.8 Å². The summed E-state index contributed by atoms with van der Waals surface area (Å²) < 4.78 is 0. The van der Waals surface area contributed by atoms with Crippen LogP contribution in [0.2, 0.25) is 0 Å². The fraction of sp³-hybridized carbons (Fsp3) is 0.522. The van der Waals surface area contributed by atoms with E-state index in [4.69, 9.17) is 0 Å². The van der Waals surface area contributed by atoms with E-state index in [2.05, 4.69) is 53.8 Å². The third-order valence-corrected chi connectivity index (χ3v) is 6.27. The number of fused-ring (bicyclic) bond motifs is 1. The number of aryl methyl sites for hydroxylation is 2.